The van der Waals surface area contributed by atoms with Gasteiger partial charge in [0, 0.05) is 31.6 Å². The van der Waals surface area contributed by atoms with E-state index in [0.29, 0.717) is 12.0 Å². The van der Waals surface area contributed by atoms with Crippen molar-refractivity contribution in [1.29, 1.82) is 0 Å². The molecule has 1 aliphatic heterocycles. The zero-order chi connectivity index (χ0) is 14.4. The summed E-state index contributed by atoms with van der Waals surface area (Å²) < 4.78 is 12.8. The van der Waals surface area contributed by atoms with Crippen LogP contribution in [0.4, 0.5) is 4.39 Å². The van der Waals surface area contributed by atoms with Crippen LogP contribution in [0.5, 0.6) is 0 Å². The Hall–Kier alpha value is -1.26. The van der Waals surface area contributed by atoms with E-state index in [0.717, 1.165) is 19.6 Å². The number of nitrogens with zero attached hydrogens (tertiary/aromatic N) is 2. The maximum Gasteiger partial charge on any atom is 0.164 e. The van der Waals surface area contributed by atoms with Gasteiger partial charge >= 0.3 is 0 Å². The van der Waals surface area contributed by atoms with Crippen LogP contribution in [0.15, 0.2) is 24.3 Å². The largest absolute Gasteiger partial charge is 0.305 e. The first-order valence-electron chi connectivity index (χ1n) is 7.35. The van der Waals surface area contributed by atoms with Crippen molar-refractivity contribution in [2.75, 3.05) is 39.8 Å². The molecular formula is C16H23FN2O. The molecule has 0 amide bonds. The minimum atomic E-state index is -0.302. The van der Waals surface area contributed by atoms with E-state index in [1.165, 1.54) is 38.1 Å². The van der Waals surface area contributed by atoms with Gasteiger partial charge in [0.15, 0.2) is 5.78 Å². The molecule has 0 aliphatic carbocycles. The molecule has 1 aliphatic rings. The first kappa shape index (κ1) is 15.1. The molecule has 0 N–H and O–H groups in total. The van der Waals surface area contributed by atoms with Crippen LogP contribution in [0.2, 0.25) is 0 Å². The van der Waals surface area contributed by atoms with Gasteiger partial charge in [0.05, 0.1) is 0 Å². The lowest BCUT2D eigenvalue weighted by Crippen LogP contribution is -2.32. The van der Waals surface area contributed by atoms with E-state index in [-0.39, 0.29) is 11.6 Å². The van der Waals surface area contributed by atoms with Gasteiger partial charge in [-0.2, -0.15) is 0 Å². The number of carbonyl (C=O) groups is 1. The Bertz CT molecular complexity index is 427. The fourth-order valence-corrected chi connectivity index (χ4v) is 2.50. The zero-order valence-electron chi connectivity index (χ0n) is 12.1. The molecule has 0 spiro atoms. The molecule has 20 heavy (non-hydrogen) atoms. The summed E-state index contributed by atoms with van der Waals surface area (Å²) in [6.45, 7) is 5.26. The molecule has 1 aromatic carbocycles. The highest BCUT2D eigenvalue weighted by molar-refractivity contribution is 5.96. The highest BCUT2D eigenvalue weighted by Crippen LogP contribution is 2.08. The summed E-state index contributed by atoms with van der Waals surface area (Å²) in [5, 5.41) is 0. The Morgan fingerprint density at radius 1 is 1.20 bits per heavy atom. The number of halogens is 1. The molecule has 1 aromatic rings. The quantitative estimate of drug-likeness (QED) is 0.716. The molecule has 0 radical (unpaired) electrons. The number of rotatable bonds is 7. The highest BCUT2D eigenvalue weighted by Gasteiger charge is 2.12. The Morgan fingerprint density at radius 3 is 2.50 bits per heavy atom. The highest BCUT2D eigenvalue weighted by atomic mass is 19.1. The van der Waals surface area contributed by atoms with Crippen LogP contribution in [-0.4, -0.2) is 55.4 Å². The van der Waals surface area contributed by atoms with E-state index in [1.54, 1.807) is 12.1 Å². The molecule has 0 bridgehead atoms. The van der Waals surface area contributed by atoms with Crippen molar-refractivity contribution in [3.05, 3.63) is 35.6 Å². The maximum atomic E-state index is 12.8. The van der Waals surface area contributed by atoms with Gasteiger partial charge in [0.25, 0.3) is 0 Å². The fraction of sp³-hybridized carbons (Fsp3) is 0.562. The van der Waals surface area contributed by atoms with Crippen LogP contribution in [0.25, 0.3) is 0 Å². The van der Waals surface area contributed by atoms with Crippen LogP contribution in [-0.2, 0) is 0 Å². The van der Waals surface area contributed by atoms with Crippen molar-refractivity contribution in [2.24, 2.45) is 0 Å². The van der Waals surface area contributed by atoms with E-state index in [4.69, 9.17) is 0 Å². The van der Waals surface area contributed by atoms with Crippen molar-refractivity contribution in [2.45, 2.75) is 19.3 Å². The van der Waals surface area contributed by atoms with Crippen molar-refractivity contribution in [1.82, 2.24) is 9.80 Å². The van der Waals surface area contributed by atoms with E-state index in [9.17, 15) is 9.18 Å². The summed E-state index contributed by atoms with van der Waals surface area (Å²) in [7, 11) is 2.05. The van der Waals surface area contributed by atoms with Crippen LogP contribution < -0.4 is 0 Å². The third-order valence-corrected chi connectivity index (χ3v) is 3.88. The number of benzene rings is 1. The van der Waals surface area contributed by atoms with Crippen molar-refractivity contribution in [3.8, 4) is 0 Å². The third kappa shape index (κ3) is 4.69. The van der Waals surface area contributed by atoms with Crippen molar-refractivity contribution >= 4 is 5.78 Å². The normalized spacial score (nSPS) is 15.9. The van der Waals surface area contributed by atoms with Gasteiger partial charge in [-0.15, -0.1) is 0 Å². The molecular weight excluding hydrogens is 255 g/mol. The lowest BCUT2D eigenvalue weighted by atomic mass is 10.1. The second-order valence-corrected chi connectivity index (χ2v) is 5.53. The molecule has 4 heteroatoms. The molecule has 110 valence electrons. The standard InChI is InChI=1S/C16H23FN2O/c1-18(12-13-19-9-2-3-10-19)11-8-16(20)14-4-6-15(17)7-5-14/h4-7H,2-3,8-13H2,1H3. The molecule has 1 fully saturated rings. The zero-order valence-corrected chi connectivity index (χ0v) is 12.1. The second kappa shape index (κ2) is 7.50. The summed E-state index contributed by atoms with van der Waals surface area (Å²) in [6.07, 6.45) is 3.11. The Morgan fingerprint density at radius 2 is 1.85 bits per heavy atom. The second-order valence-electron chi connectivity index (χ2n) is 5.53. The fourth-order valence-electron chi connectivity index (χ4n) is 2.50. The van der Waals surface area contributed by atoms with Crippen LogP contribution in [0.3, 0.4) is 0 Å². The lowest BCUT2D eigenvalue weighted by molar-refractivity contribution is 0.0967. The average molecular weight is 278 g/mol. The monoisotopic (exact) mass is 278 g/mol. The summed E-state index contributed by atoms with van der Waals surface area (Å²) >= 11 is 0. The lowest BCUT2D eigenvalue weighted by Gasteiger charge is -2.20. The minimum Gasteiger partial charge on any atom is -0.305 e. The van der Waals surface area contributed by atoms with Gasteiger partial charge in [-0.05, 0) is 57.2 Å². The number of hydrogen-bond donors (Lipinski definition) is 0. The number of carbonyl (C=O) groups excluding carboxylic acids is 1. The summed E-state index contributed by atoms with van der Waals surface area (Å²) in [4.78, 5) is 16.6. The van der Waals surface area contributed by atoms with E-state index in [1.807, 2.05) is 7.05 Å². The van der Waals surface area contributed by atoms with E-state index < -0.39 is 0 Å². The Kier molecular flexibility index (Phi) is 5.68. The molecule has 0 saturated carbocycles. The molecule has 2 rings (SSSR count). The first-order valence-corrected chi connectivity index (χ1v) is 7.35. The Balaban J connectivity index is 1.68. The number of ketones is 1. The average Bonchev–Trinajstić information content (AvgIpc) is 2.96. The number of Topliss-reactive ketones (excluding diaryl/α,β-unsaturated/α-hetero) is 1. The van der Waals surface area contributed by atoms with E-state index in [2.05, 4.69) is 9.80 Å². The summed E-state index contributed by atoms with van der Waals surface area (Å²) in [6, 6.07) is 5.79. The van der Waals surface area contributed by atoms with Gasteiger partial charge < -0.3 is 9.80 Å². The number of likely N-dealkylation sites (tertiary alicyclic amines) is 1. The summed E-state index contributed by atoms with van der Waals surface area (Å²) in [5.41, 5.74) is 0.597. The SMILES string of the molecule is CN(CCC(=O)c1ccc(F)cc1)CCN1CCCC1. The van der Waals surface area contributed by atoms with Gasteiger partial charge in [-0.1, -0.05) is 0 Å². The van der Waals surface area contributed by atoms with Crippen molar-refractivity contribution < 1.29 is 9.18 Å². The molecule has 0 atom stereocenters. The predicted molar refractivity (Wildman–Crippen MR) is 78.5 cm³/mol. The van der Waals surface area contributed by atoms with Crippen LogP contribution in [0, 0.1) is 5.82 Å². The molecule has 0 aromatic heterocycles. The molecule has 3 nitrogen and oxygen atoms in total. The predicted octanol–water partition coefficient (Wildman–Crippen LogP) is 2.43. The summed E-state index contributed by atoms with van der Waals surface area (Å²) in [5.74, 6) is -0.220. The molecule has 1 heterocycles. The number of likely N-dealkylation sites (N-methyl/N-ethyl adjacent to an activating group) is 1. The Labute approximate surface area is 120 Å². The van der Waals surface area contributed by atoms with Crippen molar-refractivity contribution in [3.63, 3.8) is 0 Å². The maximum absolute atomic E-state index is 12.8. The minimum absolute atomic E-state index is 0.0815. The van der Waals surface area contributed by atoms with Gasteiger partial charge in [-0.3, -0.25) is 4.79 Å². The molecule has 1 saturated heterocycles. The van der Waals surface area contributed by atoms with Gasteiger partial charge in [-0.25, -0.2) is 4.39 Å². The first-order chi connectivity index (χ1) is 9.65. The third-order valence-electron chi connectivity index (χ3n) is 3.88. The number of hydrogen-bond acceptors (Lipinski definition) is 3. The molecule has 0 unspecified atom stereocenters. The van der Waals surface area contributed by atoms with Gasteiger partial charge in [0.1, 0.15) is 5.82 Å². The van der Waals surface area contributed by atoms with Gasteiger partial charge in [0.2, 0.25) is 0 Å². The van der Waals surface area contributed by atoms with Crippen LogP contribution in [0.1, 0.15) is 29.6 Å². The smallest absolute Gasteiger partial charge is 0.164 e. The van der Waals surface area contributed by atoms with Crippen LogP contribution >= 0.6 is 0 Å². The van der Waals surface area contributed by atoms with E-state index >= 15 is 0 Å². The topological polar surface area (TPSA) is 23.6 Å².